The molecule has 1 N–H and O–H groups in total. The number of benzene rings is 1. The molecule has 1 saturated carbocycles. The van der Waals surface area contributed by atoms with E-state index in [0.717, 1.165) is 19.5 Å². The fourth-order valence-electron chi connectivity index (χ4n) is 3.05. The minimum absolute atomic E-state index is 0.211. The highest BCUT2D eigenvalue weighted by molar-refractivity contribution is 7.89. The first-order chi connectivity index (χ1) is 12.9. The lowest BCUT2D eigenvalue weighted by Crippen LogP contribution is -2.40. The van der Waals surface area contributed by atoms with Crippen LogP contribution in [0.2, 0.25) is 5.02 Å². The minimum Gasteiger partial charge on any atom is -0.379 e. The van der Waals surface area contributed by atoms with Crippen molar-refractivity contribution in [3.63, 3.8) is 0 Å². The molecule has 1 aromatic carbocycles. The molecule has 0 radical (unpaired) electrons. The van der Waals surface area contributed by atoms with Gasteiger partial charge in [0.2, 0.25) is 10.0 Å². The Morgan fingerprint density at radius 1 is 1.37 bits per heavy atom. The topological polar surface area (TPSA) is 61.9 Å². The summed E-state index contributed by atoms with van der Waals surface area (Å²) in [5.41, 5.74) is 0.521. The highest BCUT2D eigenvalue weighted by atomic mass is 35.5. The van der Waals surface area contributed by atoms with Crippen molar-refractivity contribution in [3.8, 4) is 0 Å². The van der Waals surface area contributed by atoms with E-state index in [0.29, 0.717) is 48.0 Å². The molecule has 1 heterocycles. The Morgan fingerprint density at radius 3 is 2.70 bits per heavy atom. The van der Waals surface area contributed by atoms with Crippen molar-refractivity contribution in [1.29, 1.82) is 0 Å². The molecule has 1 saturated heterocycles. The summed E-state index contributed by atoms with van der Waals surface area (Å²) >= 11 is 11.9. The lowest BCUT2D eigenvalue weighted by molar-refractivity contribution is 0.0730. The standard InChI is InChI=1S/C18H26ClN3O3S2/c1-2-7-21(13-14-3-4-14)18(26)20-17-12-15(5-6-16(17)19)27(23,24)22-8-10-25-11-9-22/h5-6,12,14H,2-4,7-11,13H2,1H3,(H,20,26). The highest BCUT2D eigenvalue weighted by Crippen LogP contribution is 2.31. The summed E-state index contributed by atoms with van der Waals surface area (Å²) in [6.45, 7) is 5.46. The van der Waals surface area contributed by atoms with Crippen LogP contribution < -0.4 is 5.32 Å². The molecule has 0 unspecified atom stereocenters. The zero-order valence-electron chi connectivity index (χ0n) is 15.5. The van der Waals surface area contributed by atoms with E-state index in [9.17, 15) is 8.42 Å². The Labute approximate surface area is 171 Å². The van der Waals surface area contributed by atoms with Crippen LogP contribution in [0, 0.1) is 5.92 Å². The van der Waals surface area contributed by atoms with Crippen molar-refractivity contribution >= 4 is 44.6 Å². The molecule has 150 valence electrons. The number of morpholine rings is 1. The maximum Gasteiger partial charge on any atom is 0.243 e. The molecule has 0 amide bonds. The van der Waals surface area contributed by atoms with Crippen molar-refractivity contribution in [2.75, 3.05) is 44.7 Å². The zero-order valence-corrected chi connectivity index (χ0v) is 17.9. The largest absolute Gasteiger partial charge is 0.379 e. The summed E-state index contributed by atoms with van der Waals surface area (Å²) < 4.78 is 32.5. The number of anilines is 1. The second-order valence-electron chi connectivity index (χ2n) is 6.98. The monoisotopic (exact) mass is 431 g/mol. The Bertz CT molecular complexity index is 778. The SMILES string of the molecule is CCCN(CC1CC1)C(=S)Nc1cc(S(=O)(=O)N2CCOCC2)ccc1Cl. The molecule has 1 aliphatic carbocycles. The maximum absolute atomic E-state index is 12.9. The number of sulfonamides is 1. The normalized spacial score (nSPS) is 18.3. The van der Waals surface area contributed by atoms with Crippen molar-refractivity contribution < 1.29 is 13.2 Å². The van der Waals surface area contributed by atoms with Crippen LogP contribution >= 0.6 is 23.8 Å². The predicted molar refractivity (Wildman–Crippen MR) is 112 cm³/mol. The van der Waals surface area contributed by atoms with Crippen LogP contribution in [0.1, 0.15) is 26.2 Å². The van der Waals surface area contributed by atoms with Gasteiger partial charge in [-0.1, -0.05) is 18.5 Å². The van der Waals surface area contributed by atoms with E-state index in [2.05, 4.69) is 17.1 Å². The number of hydrogen-bond donors (Lipinski definition) is 1. The second kappa shape index (κ2) is 9.05. The lowest BCUT2D eigenvalue weighted by Gasteiger charge is -2.27. The molecule has 6 nitrogen and oxygen atoms in total. The number of ether oxygens (including phenoxy) is 1. The van der Waals surface area contributed by atoms with Crippen LogP contribution in [0.5, 0.6) is 0 Å². The first-order valence-electron chi connectivity index (χ1n) is 9.35. The van der Waals surface area contributed by atoms with Gasteiger partial charge in [0.1, 0.15) is 0 Å². The molecule has 0 atom stereocenters. The number of rotatable bonds is 7. The zero-order chi connectivity index (χ0) is 19.4. The molecular weight excluding hydrogens is 406 g/mol. The molecule has 0 bridgehead atoms. The molecule has 2 fully saturated rings. The molecule has 1 aliphatic heterocycles. The highest BCUT2D eigenvalue weighted by Gasteiger charge is 2.28. The van der Waals surface area contributed by atoms with Crippen molar-refractivity contribution in [1.82, 2.24) is 9.21 Å². The molecule has 0 spiro atoms. The third-order valence-electron chi connectivity index (χ3n) is 4.74. The maximum atomic E-state index is 12.9. The van der Waals surface area contributed by atoms with Gasteiger partial charge in [-0.2, -0.15) is 4.31 Å². The van der Waals surface area contributed by atoms with E-state index in [1.54, 1.807) is 12.1 Å². The van der Waals surface area contributed by atoms with E-state index in [-0.39, 0.29) is 4.90 Å². The van der Waals surface area contributed by atoms with Crippen LogP contribution in [0.4, 0.5) is 5.69 Å². The molecule has 9 heteroatoms. The van der Waals surface area contributed by atoms with Crippen molar-refractivity contribution in [2.45, 2.75) is 31.1 Å². The third-order valence-corrected chi connectivity index (χ3v) is 7.33. The van der Waals surface area contributed by atoms with Gasteiger partial charge in [-0.25, -0.2) is 8.42 Å². The van der Waals surface area contributed by atoms with E-state index in [1.165, 1.54) is 23.2 Å². The third kappa shape index (κ3) is 5.32. The quantitative estimate of drug-likeness (QED) is 0.669. The van der Waals surface area contributed by atoms with Gasteiger partial charge in [-0.15, -0.1) is 0 Å². The van der Waals surface area contributed by atoms with Crippen LogP contribution in [0.25, 0.3) is 0 Å². The number of nitrogens with one attached hydrogen (secondary N) is 1. The smallest absolute Gasteiger partial charge is 0.243 e. The van der Waals surface area contributed by atoms with Crippen LogP contribution in [-0.4, -0.2) is 62.1 Å². The average Bonchev–Trinajstić information content (AvgIpc) is 3.48. The summed E-state index contributed by atoms with van der Waals surface area (Å²) in [4.78, 5) is 2.36. The first-order valence-corrected chi connectivity index (χ1v) is 11.6. The fourth-order valence-corrected chi connectivity index (χ4v) is 4.92. The summed E-state index contributed by atoms with van der Waals surface area (Å²) in [5.74, 6) is 0.708. The molecule has 2 aliphatic rings. The van der Waals surface area contributed by atoms with E-state index < -0.39 is 10.0 Å². The van der Waals surface area contributed by atoms with E-state index in [1.807, 2.05) is 0 Å². The Balaban J connectivity index is 1.77. The summed E-state index contributed by atoms with van der Waals surface area (Å²) in [6, 6.07) is 4.71. The molecule has 0 aromatic heterocycles. The Morgan fingerprint density at radius 2 is 2.07 bits per heavy atom. The molecular formula is C18H26ClN3O3S2. The predicted octanol–water partition coefficient (Wildman–Crippen LogP) is 3.18. The number of thiocarbonyl (C=S) groups is 1. The van der Waals surface area contributed by atoms with Gasteiger partial charge in [0, 0.05) is 26.2 Å². The van der Waals surface area contributed by atoms with Crippen LogP contribution in [0.3, 0.4) is 0 Å². The van der Waals surface area contributed by atoms with Gasteiger partial charge in [-0.05, 0) is 55.6 Å². The number of hydrogen-bond acceptors (Lipinski definition) is 4. The molecule has 3 rings (SSSR count). The van der Waals surface area contributed by atoms with Crippen LogP contribution in [-0.2, 0) is 14.8 Å². The Kier molecular flexibility index (Phi) is 6.97. The van der Waals surface area contributed by atoms with Crippen molar-refractivity contribution in [2.24, 2.45) is 5.92 Å². The fraction of sp³-hybridized carbons (Fsp3) is 0.611. The lowest BCUT2D eigenvalue weighted by atomic mass is 10.3. The minimum atomic E-state index is -3.58. The van der Waals surface area contributed by atoms with Gasteiger partial charge < -0.3 is 15.0 Å². The summed E-state index contributed by atoms with van der Waals surface area (Å²) in [5, 5.41) is 4.20. The number of nitrogens with zero attached hydrogens (tertiary/aromatic N) is 2. The van der Waals surface area contributed by atoms with Gasteiger partial charge >= 0.3 is 0 Å². The first kappa shape index (κ1) is 20.8. The van der Waals surface area contributed by atoms with Gasteiger partial charge in [-0.3, -0.25) is 0 Å². The molecule has 1 aromatic rings. The summed E-state index contributed by atoms with van der Waals surface area (Å²) in [6.07, 6.45) is 3.49. The second-order valence-corrected chi connectivity index (χ2v) is 9.71. The molecule has 27 heavy (non-hydrogen) atoms. The van der Waals surface area contributed by atoms with Gasteiger partial charge in [0.25, 0.3) is 0 Å². The van der Waals surface area contributed by atoms with E-state index in [4.69, 9.17) is 28.6 Å². The van der Waals surface area contributed by atoms with Gasteiger partial charge in [0.15, 0.2) is 5.11 Å². The summed E-state index contributed by atoms with van der Waals surface area (Å²) in [7, 11) is -3.58. The Hall–Kier alpha value is -0.930. The number of halogens is 1. The van der Waals surface area contributed by atoms with Gasteiger partial charge in [0.05, 0.1) is 28.8 Å². The van der Waals surface area contributed by atoms with Crippen molar-refractivity contribution in [3.05, 3.63) is 23.2 Å². The average molecular weight is 432 g/mol. The van der Waals surface area contributed by atoms with E-state index >= 15 is 0 Å². The van der Waals surface area contributed by atoms with Crippen LogP contribution in [0.15, 0.2) is 23.1 Å².